The van der Waals surface area contributed by atoms with Crippen LogP contribution in [0.5, 0.6) is 0 Å². The van der Waals surface area contributed by atoms with Crippen LogP contribution in [0.1, 0.15) is 64.9 Å². The molecule has 3 nitrogen and oxygen atoms in total. The maximum atomic E-state index is 12.6. The summed E-state index contributed by atoms with van der Waals surface area (Å²) in [5.74, 6) is -0.0978. The minimum atomic E-state index is -2.60. The Morgan fingerprint density at radius 1 is 0.962 bits per heavy atom. The molecule has 4 heteroatoms. The Balaban J connectivity index is 3.02. The van der Waals surface area contributed by atoms with E-state index in [-0.39, 0.29) is 12.0 Å². The van der Waals surface area contributed by atoms with E-state index in [1.807, 2.05) is 18.2 Å². The van der Waals surface area contributed by atoms with Gasteiger partial charge in [-0.1, -0.05) is 0 Å². The monoisotopic (exact) mass is 469 g/mol. The molecule has 0 aliphatic heterocycles. The van der Waals surface area contributed by atoms with E-state index in [1.165, 1.54) is 64.5 Å². The van der Waals surface area contributed by atoms with E-state index in [9.17, 15) is 4.79 Å². The van der Waals surface area contributed by atoms with Gasteiger partial charge in [-0.25, -0.2) is 0 Å². The zero-order valence-corrected chi connectivity index (χ0v) is 20.2. The molecule has 0 saturated carbocycles. The third-order valence-corrected chi connectivity index (χ3v) is 19.2. The Bertz CT molecular complexity index is 470. The van der Waals surface area contributed by atoms with Crippen LogP contribution >= 0.6 is 0 Å². The number of nitrogens with one attached hydrogen (secondary N) is 1. The van der Waals surface area contributed by atoms with Crippen molar-refractivity contribution >= 4 is 24.6 Å². The molecule has 1 rings (SSSR count). The SMILES string of the molecule is CCC[CH2][Sn]([CH2]CCC)([CH2]CCC)[NH]C(Cc1ccccc1)C(=O)OC. The molecule has 1 aromatic carbocycles. The number of hydrogen-bond acceptors (Lipinski definition) is 3. The van der Waals surface area contributed by atoms with Crippen LogP contribution in [0, 0.1) is 0 Å². The molecule has 26 heavy (non-hydrogen) atoms. The van der Waals surface area contributed by atoms with E-state index in [2.05, 4.69) is 36.4 Å². The van der Waals surface area contributed by atoms with Crippen molar-refractivity contribution in [2.45, 2.75) is 85.1 Å². The van der Waals surface area contributed by atoms with Crippen molar-refractivity contribution in [2.75, 3.05) is 7.11 Å². The number of carbonyl (C=O) groups is 1. The summed E-state index contributed by atoms with van der Waals surface area (Å²) in [6, 6.07) is 10.1. The fourth-order valence-electron chi connectivity index (χ4n) is 3.69. The van der Waals surface area contributed by atoms with Gasteiger partial charge in [0.25, 0.3) is 0 Å². The average Bonchev–Trinajstić information content (AvgIpc) is 2.68. The standard InChI is InChI=1S/C10H12NO2.3C4H9.Sn/c1-13-10(12)9(11)7-8-5-3-2-4-6-8;3*1-3-4-2;/h2-6,9,11H,7H2,1H3;3*1,3-4H2,2H3;/q-1;;;;+1. The number of ether oxygens (including phenoxy) is 1. The summed E-state index contributed by atoms with van der Waals surface area (Å²) in [4.78, 5) is 12.6. The van der Waals surface area contributed by atoms with Crippen LogP contribution in [0.15, 0.2) is 30.3 Å². The Kier molecular flexibility index (Phi) is 12.3. The predicted molar refractivity (Wildman–Crippen MR) is 114 cm³/mol. The molecule has 0 bridgehead atoms. The van der Waals surface area contributed by atoms with Crippen molar-refractivity contribution in [3.63, 3.8) is 0 Å². The molecule has 0 saturated heterocycles. The second-order valence-electron chi connectivity index (χ2n) is 7.50. The Labute approximate surface area is 165 Å². The van der Waals surface area contributed by atoms with Gasteiger partial charge >= 0.3 is 166 Å². The van der Waals surface area contributed by atoms with E-state index >= 15 is 0 Å². The van der Waals surface area contributed by atoms with Gasteiger partial charge in [0.15, 0.2) is 0 Å². The van der Waals surface area contributed by atoms with Crippen molar-refractivity contribution in [3.05, 3.63) is 35.9 Å². The number of esters is 1. The van der Waals surface area contributed by atoms with Crippen LogP contribution in [0.2, 0.25) is 13.3 Å². The van der Waals surface area contributed by atoms with E-state index in [1.54, 1.807) is 0 Å². The first-order chi connectivity index (χ1) is 12.6. The van der Waals surface area contributed by atoms with Crippen molar-refractivity contribution in [3.8, 4) is 0 Å². The topological polar surface area (TPSA) is 38.3 Å². The molecule has 0 radical (unpaired) electrons. The van der Waals surface area contributed by atoms with Crippen LogP contribution < -0.4 is 3.54 Å². The second-order valence-corrected chi connectivity index (χ2v) is 19.9. The molecule has 1 N–H and O–H groups in total. The zero-order valence-electron chi connectivity index (χ0n) is 17.4. The van der Waals surface area contributed by atoms with Gasteiger partial charge in [-0.2, -0.15) is 0 Å². The molecule has 1 atom stereocenters. The molecule has 0 heterocycles. The Morgan fingerprint density at radius 2 is 1.46 bits per heavy atom. The van der Waals surface area contributed by atoms with Crippen molar-refractivity contribution < 1.29 is 9.53 Å². The molecular weight excluding hydrogens is 429 g/mol. The summed E-state index contributed by atoms with van der Waals surface area (Å²) in [5, 5.41) is 0. The van der Waals surface area contributed by atoms with Gasteiger partial charge in [0.05, 0.1) is 0 Å². The summed E-state index contributed by atoms with van der Waals surface area (Å²) in [6.45, 7) is 6.83. The van der Waals surface area contributed by atoms with Gasteiger partial charge in [-0.15, -0.1) is 0 Å². The quantitative estimate of drug-likeness (QED) is 0.281. The second kappa shape index (κ2) is 13.6. The van der Waals surface area contributed by atoms with Gasteiger partial charge in [0, 0.05) is 0 Å². The third-order valence-electron chi connectivity index (χ3n) is 5.28. The number of carbonyl (C=O) groups excluding carboxylic acids is 1. The van der Waals surface area contributed by atoms with Gasteiger partial charge in [-0.05, 0) is 0 Å². The fraction of sp³-hybridized carbons (Fsp3) is 0.682. The summed E-state index contributed by atoms with van der Waals surface area (Å²) in [5.41, 5.74) is 1.21. The maximum absolute atomic E-state index is 12.6. The molecule has 0 aliphatic carbocycles. The Hall–Kier alpha value is -0.551. The van der Waals surface area contributed by atoms with Crippen molar-refractivity contribution in [1.29, 1.82) is 0 Å². The number of benzene rings is 1. The minimum absolute atomic E-state index is 0.0978. The number of rotatable bonds is 14. The molecule has 1 aromatic rings. The van der Waals surface area contributed by atoms with E-state index < -0.39 is 18.7 Å². The molecule has 148 valence electrons. The molecule has 0 spiro atoms. The first-order valence-corrected chi connectivity index (χ1v) is 18.0. The number of unbranched alkanes of at least 4 members (excludes halogenated alkanes) is 3. The van der Waals surface area contributed by atoms with Gasteiger partial charge in [0.1, 0.15) is 0 Å². The Morgan fingerprint density at radius 3 is 1.88 bits per heavy atom. The van der Waals surface area contributed by atoms with Crippen LogP contribution in [-0.2, 0) is 16.0 Å². The van der Waals surface area contributed by atoms with E-state index in [4.69, 9.17) is 4.74 Å². The van der Waals surface area contributed by atoms with Crippen LogP contribution in [-0.4, -0.2) is 37.8 Å². The van der Waals surface area contributed by atoms with Crippen LogP contribution in [0.25, 0.3) is 0 Å². The third kappa shape index (κ3) is 8.43. The van der Waals surface area contributed by atoms with Crippen molar-refractivity contribution in [2.24, 2.45) is 0 Å². The molecule has 0 fully saturated rings. The summed E-state index contributed by atoms with van der Waals surface area (Å²) in [7, 11) is 1.52. The van der Waals surface area contributed by atoms with E-state index in [0.717, 1.165) is 6.42 Å². The molecule has 0 aliphatic rings. The van der Waals surface area contributed by atoms with Gasteiger partial charge in [0.2, 0.25) is 0 Å². The van der Waals surface area contributed by atoms with E-state index in [0.29, 0.717) is 0 Å². The fourth-order valence-corrected chi connectivity index (χ4v) is 18.6. The average molecular weight is 468 g/mol. The normalized spacial score (nSPS) is 12.8. The van der Waals surface area contributed by atoms with Crippen molar-refractivity contribution in [1.82, 2.24) is 3.54 Å². The molecule has 1 unspecified atom stereocenters. The zero-order chi connectivity index (χ0) is 19.3. The number of methoxy groups -OCH3 is 1. The van der Waals surface area contributed by atoms with Gasteiger partial charge < -0.3 is 0 Å². The summed E-state index contributed by atoms with van der Waals surface area (Å²) < 4.78 is 13.2. The first kappa shape index (κ1) is 23.5. The summed E-state index contributed by atoms with van der Waals surface area (Å²) >= 11 is -2.60. The van der Waals surface area contributed by atoms with Crippen LogP contribution in [0.3, 0.4) is 0 Å². The van der Waals surface area contributed by atoms with Crippen LogP contribution in [0.4, 0.5) is 0 Å². The number of hydrogen-bond donors (Lipinski definition) is 1. The first-order valence-electron chi connectivity index (χ1n) is 10.5. The van der Waals surface area contributed by atoms with Gasteiger partial charge in [-0.3, -0.25) is 0 Å². The molecule has 0 amide bonds. The predicted octanol–water partition coefficient (Wildman–Crippen LogP) is 5.71. The summed E-state index contributed by atoms with van der Waals surface area (Å²) in [6.07, 6.45) is 8.30. The molecule has 0 aromatic heterocycles. The molecular formula is C22H39NO2Sn.